The number of rotatable bonds is 0. The summed E-state index contributed by atoms with van der Waals surface area (Å²) in [4.78, 5) is 3.68. The van der Waals surface area contributed by atoms with Crippen LogP contribution in [0.2, 0.25) is 0 Å². The number of aromatic amines is 1. The van der Waals surface area contributed by atoms with Crippen molar-refractivity contribution < 1.29 is 5.11 Å². The van der Waals surface area contributed by atoms with Crippen LogP contribution in [0.5, 0.6) is 0 Å². The summed E-state index contributed by atoms with van der Waals surface area (Å²) < 4.78 is 0. The highest BCUT2D eigenvalue weighted by Crippen LogP contribution is 2.58. The Hall–Kier alpha value is -1.32. The number of aromatic nitrogens is 1. The lowest BCUT2D eigenvalue weighted by atomic mass is 9.51. The zero-order valence-electron chi connectivity index (χ0n) is 14.2. The molecule has 0 spiro atoms. The van der Waals surface area contributed by atoms with Gasteiger partial charge in [-0.15, -0.1) is 0 Å². The molecule has 0 radical (unpaired) electrons. The van der Waals surface area contributed by atoms with Crippen LogP contribution in [0.15, 0.2) is 24.3 Å². The minimum Gasteiger partial charge on any atom is -0.387 e. The molecule has 1 saturated carbocycles. The maximum absolute atomic E-state index is 11.2. The van der Waals surface area contributed by atoms with E-state index in [2.05, 4.69) is 55.3 Å². The van der Waals surface area contributed by atoms with E-state index in [9.17, 15) is 5.11 Å². The molecule has 2 fully saturated rings. The summed E-state index contributed by atoms with van der Waals surface area (Å²) in [5, 5.41) is 16.3. The number of benzene rings is 1. The van der Waals surface area contributed by atoms with Crippen LogP contribution >= 0.6 is 0 Å². The van der Waals surface area contributed by atoms with Crippen LogP contribution in [-0.2, 0) is 5.41 Å². The topological polar surface area (TPSA) is 48.0 Å². The van der Waals surface area contributed by atoms with E-state index in [-0.39, 0.29) is 17.0 Å². The van der Waals surface area contributed by atoms with Crippen molar-refractivity contribution in [2.45, 2.75) is 63.1 Å². The van der Waals surface area contributed by atoms with Gasteiger partial charge in [-0.2, -0.15) is 0 Å². The highest BCUT2D eigenvalue weighted by atomic mass is 16.3. The summed E-state index contributed by atoms with van der Waals surface area (Å²) in [6.45, 7) is 7.04. The van der Waals surface area contributed by atoms with Gasteiger partial charge in [0.05, 0.1) is 6.10 Å². The zero-order chi connectivity index (χ0) is 16.0. The minimum absolute atomic E-state index is 0.118. The average Bonchev–Trinajstić information content (AvgIpc) is 2.92. The number of piperidine rings is 1. The number of aliphatic hydroxyl groups is 1. The Morgan fingerprint density at radius 2 is 1.96 bits per heavy atom. The third kappa shape index (κ3) is 1.62. The van der Waals surface area contributed by atoms with Gasteiger partial charge in [0.2, 0.25) is 0 Å². The first kappa shape index (κ1) is 14.1. The highest BCUT2D eigenvalue weighted by Gasteiger charge is 2.58. The molecule has 2 aliphatic carbocycles. The second-order valence-electron chi connectivity index (χ2n) is 8.79. The van der Waals surface area contributed by atoms with E-state index in [0.29, 0.717) is 5.92 Å². The molecule has 3 aliphatic rings. The van der Waals surface area contributed by atoms with Crippen molar-refractivity contribution in [3.05, 3.63) is 35.5 Å². The summed E-state index contributed by atoms with van der Waals surface area (Å²) in [6.07, 6.45) is 3.30. The van der Waals surface area contributed by atoms with E-state index in [1.165, 1.54) is 30.3 Å². The van der Waals surface area contributed by atoms with Gasteiger partial charge in [0, 0.05) is 39.2 Å². The molecular weight excluding hydrogens is 284 g/mol. The summed E-state index contributed by atoms with van der Waals surface area (Å²) in [7, 11) is 0. The lowest BCUT2D eigenvalue weighted by Gasteiger charge is -2.60. The summed E-state index contributed by atoms with van der Waals surface area (Å²) in [5.41, 5.74) is 3.88. The molecular formula is C20H26N2O. The molecule has 2 heterocycles. The number of para-hydroxylation sites is 1. The maximum atomic E-state index is 11.2. The molecule has 0 amide bonds. The van der Waals surface area contributed by atoms with Crippen molar-refractivity contribution in [2.75, 3.05) is 0 Å². The van der Waals surface area contributed by atoms with Crippen molar-refractivity contribution in [3.63, 3.8) is 0 Å². The minimum atomic E-state index is -0.419. The van der Waals surface area contributed by atoms with Gasteiger partial charge in [-0.05, 0) is 51.0 Å². The molecule has 3 N–H and O–H groups in total. The lowest BCUT2D eigenvalue weighted by molar-refractivity contribution is -0.0544. The second kappa shape index (κ2) is 4.20. The van der Waals surface area contributed by atoms with Crippen LogP contribution in [0, 0.1) is 11.8 Å². The van der Waals surface area contributed by atoms with E-state index in [4.69, 9.17) is 0 Å². The van der Waals surface area contributed by atoms with E-state index >= 15 is 0 Å². The van der Waals surface area contributed by atoms with Gasteiger partial charge in [-0.3, -0.25) is 0 Å². The van der Waals surface area contributed by atoms with Crippen LogP contribution in [0.1, 0.15) is 57.4 Å². The van der Waals surface area contributed by atoms with Crippen LogP contribution in [0.3, 0.4) is 0 Å². The Labute approximate surface area is 137 Å². The standard InChI is InChI=1S/C20H26N2O/c1-19(2)11-8-9-20(3)13(10-11)16(22-19)17(23)15-12-6-4-5-7-14(12)21-18(15)20/h4-7,11,13,16-17,21-23H,8-10H2,1-3H3/t11-,13+,16-,17-,20+/m0/s1. The van der Waals surface area contributed by atoms with Gasteiger partial charge in [0.1, 0.15) is 0 Å². The first-order valence-corrected chi connectivity index (χ1v) is 8.99. The average molecular weight is 310 g/mol. The van der Waals surface area contributed by atoms with Crippen molar-refractivity contribution in [2.24, 2.45) is 11.8 Å². The van der Waals surface area contributed by atoms with E-state index < -0.39 is 6.10 Å². The quantitative estimate of drug-likeness (QED) is 0.696. The Balaban J connectivity index is 1.77. The van der Waals surface area contributed by atoms with Crippen LogP contribution < -0.4 is 5.32 Å². The van der Waals surface area contributed by atoms with Gasteiger partial charge < -0.3 is 15.4 Å². The van der Waals surface area contributed by atoms with E-state index in [1.807, 2.05) is 0 Å². The fraction of sp³-hybridized carbons (Fsp3) is 0.600. The fourth-order valence-corrected chi connectivity index (χ4v) is 5.90. The molecule has 3 nitrogen and oxygen atoms in total. The van der Waals surface area contributed by atoms with Crippen LogP contribution in [0.4, 0.5) is 0 Å². The molecule has 1 aromatic heterocycles. The first-order valence-electron chi connectivity index (χ1n) is 8.99. The molecule has 5 rings (SSSR count). The van der Waals surface area contributed by atoms with Gasteiger partial charge in [0.15, 0.2) is 0 Å². The number of hydrogen-bond donors (Lipinski definition) is 3. The molecule has 3 heteroatoms. The molecule has 1 aliphatic heterocycles. The van der Waals surface area contributed by atoms with Crippen molar-refractivity contribution >= 4 is 10.9 Å². The monoisotopic (exact) mass is 310 g/mol. The normalized spacial score (nSPS) is 40.9. The summed E-state index contributed by atoms with van der Waals surface area (Å²) in [5.74, 6) is 1.24. The largest absolute Gasteiger partial charge is 0.387 e. The number of nitrogens with one attached hydrogen (secondary N) is 2. The third-order valence-corrected chi connectivity index (χ3v) is 7.32. The molecule has 0 unspecified atom stereocenters. The number of aliphatic hydroxyl groups excluding tert-OH is 1. The zero-order valence-corrected chi connectivity index (χ0v) is 14.2. The van der Waals surface area contributed by atoms with E-state index in [0.717, 1.165) is 17.0 Å². The summed E-state index contributed by atoms with van der Waals surface area (Å²) in [6, 6.07) is 8.60. The van der Waals surface area contributed by atoms with Gasteiger partial charge >= 0.3 is 0 Å². The molecule has 5 atom stereocenters. The Morgan fingerprint density at radius 1 is 1.17 bits per heavy atom. The van der Waals surface area contributed by atoms with Gasteiger partial charge in [-0.25, -0.2) is 0 Å². The fourth-order valence-electron chi connectivity index (χ4n) is 5.90. The third-order valence-electron chi connectivity index (χ3n) is 7.32. The van der Waals surface area contributed by atoms with Gasteiger partial charge in [-0.1, -0.05) is 25.1 Å². The predicted octanol–water partition coefficient (Wildman–Crippen LogP) is 3.64. The summed E-state index contributed by atoms with van der Waals surface area (Å²) >= 11 is 0. The Morgan fingerprint density at radius 3 is 2.78 bits per heavy atom. The first-order chi connectivity index (χ1) is 10.9. The van der Waals surface area contributed by atoms with Crippen molar-refractivity contribution in [3.8, 4) is 0 Å². The van der Waals surface area contributed by atoms with E-state index in [1.54, 1.807) is 0 Å². The number of fused-ring (bicyclic) bond motifs is 5. The molecule has 122 valence electrons. The molecule has 1 aromatic carbocycles. The van der Waals surface area contributed by atoms with Crippen molar-refractivity contribution in [1.82, 2.24) is 10.3 Å². The van der Waals surface area contributed by atoms with Crippen LogP contribution in [0.25, 0.3) is 10.9 Å². The molecule has 23 heavy (non-hydrogen) atoms. The second-order valence-corrected chi connectivity index (χ2v) is 8.79. The number of H-pyrrole nitrogens is 1. The molecule has 2 bridgehead atoms. The number of hydrogen-bond acceptors (Lipinski definition) is 2. The predicted molar refractivity (Wildman–Crippen MR) is 92.4 cm³/mol. The SMILES string of the molecule is CC1(C)N[C@H]2[C@H]3C[C@@H]1CC[C@@]3(C)c1[nH]c3ccccc3c1[C@@H]2O. The lowest BCUT2D eigenvalue weighted by Crippen LogP contribution is -2.67. The highest BCUT2D eigenvalue weighted by molar-refractivity contribution is 5.86. The molecule has 2 aromatic rings. The molecule has 1 saturated heterocycles. The van der Waals surface area contributed by atoms with Crippen LogP contribution in [-0.4, -0.2) is 21.7 Å². The van der Waals surface area contributed by atoms with Crippen molar-refractivity contribution in [1.29, 1.82) is 0 Å². The smallest absolute Gasteiger partial charge is 0.0969 e. The Bertz CT molecular complexity index is 792. The Kier molecular flexibility index (Phi) is 2.57. The maximum Gasteiger partial charge on any atom is 0.0969 e. The van der Waals surface area contributed by atoms with Gasteiger partial charge in [0.25, 0.3) is 0 Å².